The van der Waals surface area contributed by atoms with Crippen LogP contribution in [0.4, 0.5) is 10.1 Å². The van der Waals surface area contributed by atoms with Crippen LogP contribution in [0.2, 0.25) is 0 Å². The summed E-state index contributed by atoms with van der Waals surface area (Å²) in [6.07, 6.45) is 1.11. The molecule has 0 aromatic heterocycles. The first kappa shape index (κ1) is 14.1. The number of nitrogens with one attached hydrogen (secondary N) is 1. The molecule has 1 unspecified atom stereocenters. The van der Waals surface area contributed by atoms with E-state index in [9.17, 15) is 4.39 Å². The van der Waals surface area contributed by atoms with Crippen LogP contribution in [0, 0.1) is 5.82 Å². The maximum Gasteiger partial charge on any atom is 0.127 e. The maximum absolute atomic E-state index is 13.7. The van der Waals surface area contributed by atoms with Gasteiger partial charge in [-0.25, -0.2) is 4.39 Å². The van der Waals surface area contributed by atoms with Gasteiger partial charge in [0.2, 0.25) is 0 Å². The molecule has 1 aliphatic heterocycles. The van der Waals surface area contributed by atoms with E-state index in [2.05, 4.69) is 35.5 Å². The first-order chi connectivity index (χ1) is 10.1. The molecule has 1 N–H and O–H groups in total. The van der Waals surface area contributed by atoms with E-state index < -0.39 is 0 Å². The molecule has 1 heterocycles. The number of anilines is 1. The van der Waals surface area contributed by atoms with Crippen molar-refractivity contribution in [3.05, 3.63) is 65.0 Å². The molecule has 2 nitrogen and oxygen atoms in total. The van der Waals surface area contributed by atoms with E-state index in [1.165, 1.54) is 22.9 Å². The fraction of sp³-hybridized carbons (Fsp3) is 0.333. The highest BCUT2D eigenvalue weighted by Crippen LogP contribution is 2.27. The largest absolute Gasteiger partial charge is 0.374 e. The Morgan fingerprint density at radius 2 is 2.05 bits per heavy atom. The Morgan fingerprint density at radius 3 is 2.86 bits per heavy atom. The summed E-state index contributed by atoms with van der Waals surface area (Å²) in [5.74, 6) is -0.145. The fourth-order valence-corrected chi connectivity index (χ4v) is 2.94. The number of fused-ring (bicyclic) bond motifs is 1. The van der Waals surface area contributed by atoms with E-state index in [0.717, 1.165) is 25.1 Å². The van der Waals surface area contributed by atoms with Crippen LogP contribution in [0.1, 0.15) is 29.7 Å². The van der Waals surface area contributed by atoms with Crippen LogP contribution in [-0.2, 0) is 13.0 Å². The molecule has 0 saturated carbocycles. The molecule has 0 saturated heterocycles. The van der Waals surface area contributed by atoms with E-state index in [1.807, 2.05) is 19.1 Å². The van der Waals surface area contributed by atoms with Crippen molar-refractivity contribution in [2.75, 3.05) is 18.5 Å². The number of likely N-dealkylation sites (N-methyl/N-ethyl adjacent to an activating group) is 1. The number of hydrogen-bond donors (Lipinski definition) is 1. The molecule has 0 aliphatic carbocycles. The van der Waals surface area contributed by atoms with Gasteiger partial charge in [-0.2, -0.15) is 0 Å². The van der Waals surface area contributed by atoms with Gasteiger partial charge >= 0.3 is 0 Å². The van der Waals surface area contributed by atoms with Crippen molar-refractivity contribution in [2.24, 2.45) is 0 Å². The minimum Gasteiger partial charge on any atom is -0.374 e. The third-order valence-electron chi connectivity index (χ3n) is 4.26. The first-order valence-corrected chi connectivity index (χ1v) is 7.46. The van der Waals surface area contributed by atoms with Gasteiger partial charge in [-0.3, -0.25) is 0 Å². The summed E-state index contributed by atoms with van der Waals surface area (Å²) in [7, 11) is 2.13. The van der Waals surface area contributed by atoms with Gasteiger partial charge in [0, 0.05) is 37.4 Å². The molecule has 2 aromatic carbocycles. The quantitative estimate of drug-likeness (QED) is 0.921. The maximum atomic E-state index is 13.7. The normalized spacial score (nSPS) is 15.1. The summed E-state index contributed by atoms with van der Waals surface area (Å²) < 4.78 is 13.7. The highest BCUT2D eigenvalue weighted by atomic mass is 19.1. The molecule has 0 spiro atoms. The van der Waals surface area contributed by atoms with Gasteiger partial charge in [-0.1, -0.05) is 30.3 Å². The van der Waals surface area contributed by atoms with Crippen LogP contribution in [0.15, 0.2) is 42.5 Å². The molecule has 0 fully saturated rings. The fourth-order valence-electron chi connectivity index (χ4n) is 2.94. The van der Waals surface area contributed by atoms with E-state index in [1.54, 1.807) is 6.07 Å². The standard InChI is InChI=1S/C18H21FN2/c1-13(16-5-3-4-6-17(16)19)20-12-14-7-8-18-15(11-14)9-10-21(18)2/h3-8,11,13,20H,9-10,12H2,1-2H3. The monoisotopic (exact) mass is 284 g/mol. The van der Waals surface area contributed by atoms with Crippen molar-refractivity contribution in [1.82, 2.24) is 5.32 Å². The zero-order valence-corrected chi connectivity index (χ0v) is 12.6. The van der Waals surface area contributed by atoms with Crippen LogP contribution < -0.4 is 10.2 Å². The van der Waals surface area contributed by atoms with Crippen LogP contribution in [-0.4, -0.2) is 13.6 Å². The molecule has 21 heavy (non-hydrogen) atoms. The molecule has 1 atom stereocenters. The molecular formula is C18H21FN2. The summed E-state index contributed by atoms with van der Waals surface area (Å²) >= 11 is 0. The zero-order chi connectivity index (χ0) is 14.8. The molecular weight excluding hydrogens is 263 g/mol. The lowest BCUT2D eigenvalue weighted by Crippen LogP contribution is -2.19. The van der Waals surface area contributed by atoms with Crippen molar-refractivity contribution in [2.45, 2.75) is 25.9 Å². The van der Waals surface area contributed by atoms with Gasteiger partial charge in [0.1, 0.15) is 5.82 Å². The van der Waals surface area contributed by atoms with Crippen molar-refractivity contribution in [1.29, 1.82) is 0 Å². The SMILES string of the molecule is CC(NCc1ccc2c(c1)CCN2C)c1ccccc1F. The van der Waals surface area contributed by atoms with Crippen LogP contribution in [0.3, 0.4) is 0 Å². The average molecular weight is 284 g/mol. The van der Waals surface area contributed by atoms with Gasteiger partial charge in [0.05, 0.1) is 0 Å². The van der Waals surface area contributed by atoms with Crippen molar-refractivity contribution < 1.29 is 4.39 Å². The molecule has 0 radical (unpaired) electrons. The predicted molar refractivity (Wildman–Crippen MR) is 85.1 cm³/mol. The van der Waals surface area contributed by atoms with Gasteiger partial charge in [-0.15, -0.1) is 0 Å². The predicted octanol–water partition coefficient (Wildman–Crippen LogP) is 3.67. The van der Waals surface area contributed by atoms with Gasteiger partial charge in [-0.05, 0) is 36.6 Å². The first-order valence-electron chi connectivity index (χ1n) is 7.46. The second kappa shape index (κ2) is 5.86. The Labute approximate surface area is 125 Å². The highest BCUT2D eigenvalue weighted by molar-refractivity contribution is 5.58. The summed E-state index contributed by atoms with van der Waals surface area (Å²) in [6.45, 7) is 3.85. The average Bonchev–Trinajstić information content (AvgIpc) is 2.86. The van der Waals surface area contributed by atoms with E-state index >= 15 is 0 Å². The van der Waals surface area contributed by atoms with Gasteiger partial charge < -0.3 is 10.2 Å². The van der Waals surface area contributed by atoms with E-state index in [4.69, 9.17) is 0 Å². The number of halogens is 1. The smallest absolute Gasteiger partial charge is 0.127 e. The lowest BCUT2D eigenvalue weighted by Gasteiger charge is -2.16. The second-order valence-corrected chi connectivity index (χ2v) is 5.76. The van der Waals surface area contributed by atoms with Crippen molar-refractivity contribution >= 4 is 5.69 Å². The summed E-state index contributed by atoms with van der Waals surface area (Å²) in [5, 5.41) is 3.40. The number of benzene rings is 2. The number of rotatable bonds is 4. The minimum atomic E-state index is -0.145. The molecule has 1 aliphatic rings. The van der Waals surface area contributed by atoms with E-state index in [-0.39, 0.29) is 11.9 Å². The van der Waals surface area contributed by atoms with E-state index in [0.29, 0.717) is 0 Å². The molecule has 2 aromatic rings. The Hall–Kier alpha value is -1.87. The zero-order valence-electron chi connectivity index (χ0n) is 12.6. The van der Waals surface area contributed by atoms with Crippen LogP contribution in [0.5, 0.6) is 0 Å². The Bertz CT molecular complexity index is 639. The molecule has 110 valence electrons. The summed E-state index contributed by atoms with van der Waals surface area (Å²) in [4.78, 5) is 2.29. The Kier molecular flexibility index (Phi) is 3.93. The van der Waals surface area contributed by atoms with Crippen molar-refractivity contribution in [3.63, 3.8) is 0 Å². The van der Waals surface area contributed by atoms with Gasteiger partial charge in [0.25, 0.3) is 0 Å². The lowest BCUT2D eigenvalue weighted by molar-refractivity contribution is 0.528. The van der Waals surface area contributed by atoms with Gasteiger partial charge in [0.15, 0.2) is 0 Å². The van der Waals surface area contributed by atoms with Crippen molar-refractivity contribution in [3.8, 4) is 0 Å². The Morgan fingerprint density at radius 1 is 1.24 bits per heavy atom. The van der Waals surface area contributed by atoms with Crippen LogP contribution >= 0.6 is 0 Å². The number of nitrogens with zero attached hydrogens (tertiary/aromatic N) is 1. The Balaban J connectivity index is 1.67. The minimum absolute atomic E-state index is 0.00197. The molecule has 0 bridgehead atoms. The summed E-state index contributed by atoms with van der Waals surface area (Å²) in [6, 6.07) is 13.6. The number of hydrogen-bond acceptors (Lipinski definition) is 2. The summed E-state index contributed by atoms with van der Waals surface area (Å²) in [5.41, 5.74) is 4.72. The third kappa shape index (κ3) is 2.93. The lowest BCUT2D eigenvalue weighted by atomic mass is 10.1. The highest BCUT2D eigenvalue weighted by Gasteiger charge is 2.16. The molecule has 0 amide bonds. The third-order valence-corrected chi connectivity index (χ3v) is 4.26. The molecule has 3 rings (SSSR count). The second-order valence-electron chi connectivity index (χ2n) is 5.76. The molecule has 3 heteroatoms. The topological polar surface area (TPSA) is 15.3 Å². The van der Waals surface area contributed by atoms with Crippen LogP contribution in [0.25, 0.3) is 0 Å².